The van der Waals surface area contributed by atoms with Crippen LogP contribution in [-0.2, 0) is 13.1 Å². The third-order valence-corrected chi connectivity index (χ3v) is 6.02. The Balaban J connectivity index is 1.43. The fourth-order valence-electron chi connectivity index (χ4n) is 4.55. The molecular formula is C23H32N6+2. The fourth-order valence-corrected chi connectivity index (χ4v) is 4.55. The fraction of sp³-hybridized carbons (Fsp3) is 0.435. The molecular weight excluding hydrogens is 360 g/mol. The minimum absolute atomic E-state index is 0.326. The maximum Gasteiger partial charge on any atom is 0.209 e. The van der Waals surface area contributed by atoms with Crippen molar-refractivity contribution in [1.82, 2.24) is 20.2 Å². The van der Waals surface area contributed by atoms with Crippen molar-refractivity contribution in [1.29, 1.82) is 0 Å². The van der Waals surface area contributed by atoms with Crippen LogP contribution in [0.5, 0.6) is 0 Å². The Morgan fingerprint density at radius 1 is 0.862 bits per heavy atom. The minimum Gasteiger partial charge on any atom is -0.322 e. The van der Waals surface area contributed by atoms with Crippen molar-refractivity contribution in [2.45, 2.75) is 33.0 Å². The number of quaternary nitrogens is 2. The maximum atomic E-state index is 4.47. The smallest absolute Gasteiger partial charge is 0.209 e. The number of nitrogens with zero attached hydrogens (tertiary/aromatic N) is 4. The number of rotatable bonds is 7. The Labute approximate surface area is 173 Å². The monoisotopic (exact) mass is 392 g/mol. The zero-order chi connectivity index (χ0) is 20.1. The maximum absolute atomic E-state index is 4.47. The predicted octanol–water partition coefficient (Wildman–Crippen LogP) is 0.402. The number of hydrogen-bond acceptors (Lipinski definition) is 3. The number of benzene rings is 2. The molecule has 0 bridgehead atoms. The molecule has 152 valence electrons. The Bertz CT molecular complexity index is 869. The van der Waals surface area contributed by atoms with Crippen LogP contribution in [0.4, 0.5) is 0 Å². The standard InChI is InChI=1S/C23H30N6/c1-19(2)22(23-24-25-26-29(23)18-21-11-7-4-8-12-21)28-15-13-27(14-16-28)17-20-9-5-3-6-10-20/h3-12,19,22H,13-18H2,1-2H3/p+2/t22-/m1/s1. The zero-order valence-electron chi connectivity index (χ0n) is 17.5. The molecule has 1 saturated heterocycles. The topological polar surface area (TPSA) is 52.5 Å². The zero-order valence-corrected chi connectivity index (χ0v) is 17.5. The van der Waals surface area contributed by atoms with E-state index in [1.54, 1.807) is 9.80 Å². The normalized spacial score (nSPS) is 20.7. The van der Waals surface area contributed by atoms with E-state index in [9.17, 15) is 0 Å². The molecule has 29 heavy (non-hydrogen) atoms. The highest BCUT2D eigenvalue weighted by Gasteiger charge is 2.36. The summed E-state index contributed by atoms with van der Waals surface area (Å²) in [6, 6.07) is 21.6. The summed E-state index contributed by atoms with van der Waals surface area (Å²) in [5.41, 5.74) is 2.66. The molecule has 6 heteroatoms. The van der Waals surface area contributed by atoms with Crippen molar-refractivity contribution in [3.05, 3.63) is 77.6 Å². The first-order chi connectivity index (χ1) is 14.2. The van der Waals surface area contributed by atoms with Gasteiger partial charge in [0.05, 0.1) is 6.54 Å². The highest BCUT2D eigenvalue weighted by molar-refractivity contribution is 5.15. The molecule has 2 heterocycles. The Hall–Kier alpha value is -2.57. The third kappa shape index (κ3) is 4.89. The Morgan fingerprint density at radius 3 is 2.10 bits per heavy atom. The highest BCUT2D eigenvalue weighted by Crippen LogP contribution is 2.17. The van der Waals surface area contributed by atoms with Gasteiger partial charge in [0.2, 0.25) is 5.82 Å². The van der Waals surface area contributed by atoms with E-state index < -0.39 is 0 Å². The van der Waals surface area contributed by atoms with Crippen molar-refractivity contribution in [2.75, 3.05) is 26.2 Å². The van der Waals surface area contributed by atoms with Crippen molar-refractivity contribution >= 4 is 0 Å². The summed E-state index contributed by atoms with van der Waals surface area (Å²) in [6.45, 7) is 11.1. The summed E-state index contributed by atoms with van der Waals surface area (Å²) in [4.78, 5) is 3.28. The van der Waals surface area contributed by atoms with E-state index in [0.717, 1.165) is 32.0 Å². The summed E-state index contributed by atoms with van der Waals surface area (Å²) < 4.78 is 2.00. The molecule has 0 unspecified atom stereocenters. The van der Waals surface area contributed by atoms with Gasteiger partial charge in [-0.25, -0.2) is 4.68 Å². The van der Waals surface area contributed by atoms with E-state index in [2.05, 4.69) is 84.0 Å². The largest absolute Gasteiger partial charge is 0.322 e. The van der Waals surface area contributed by atoms with Gasteiger partial charge in [-0.1, -0.05) is 74.5 Å². The van der Waals surface area contributed by atoms with Gasteiger partial charge < -0.3 is 9.80 Å². The van der Waals surface area contributed by atoms with E-state index in [1.807, 2.05) is 10.7 Å². The second-order valence-corrected chi connectivity index (χ2v) is 8.47. The molecule has 2 aromatic carbocycles. The van der Waals surface area contributed by atoms with Gasteiger partial charge in [-0.15, -0.1) is 5.10 Å². The summed E-state index contributed by atoms with van der Waals surface area (Å²) in [7, 11) is 0. The van der Waals surface area contributed by atoms with Gasteiger partial charge in [0, 0.05) is 11.5 Å². The molecule has 3 aromatic rings. The summed E-state index contributed by atoms with van der Waals surface area (Å²) in [6.07, 6.45) is 0. The van der Waals surface area contributed by atoms with Crippen LogP contribution in [-0.4, -0.2) is 46.4 Å². The SMILES string of the molecule is CC(C)[C@H](c1nnnn1Cc1ccccc1)[NH+]1CC[NH+](Cc2ccccc2)CC1. The van der Waals surface area contributed by atoms with Crippen LogP contribution < -0.4 is 9.80 Å². The van der Waals surface area contributed by atoms with Crippen LogP contribution in [0.25, 0.3) is 0 Å². The van der Waals surface area contributed by atoms with Gasteiger partial charge in [-0.2, -0.15) is 0 Å². The second kappa shape index (κ2) is 9.29. The quantitative estimate of drug-likeness (QED) is 0.612. The molecule has 0 aliphatic carbocycles. The molecule has 2 N–H and O–H groups in total. The van der Waals surface area contributed by atoms with Gasteiger partial charge in [0.1, 0.15) is 32.7 Å². The number of tetrazole rings is 1. The van der Waals surface area contributed by atoms with E-state index >= 15 is 0 Å². The predicted molar refractivity (Wildman–Crippen MR) is 112 cm³/mol. The highest BCUT2D eigenvalue weighted by atomic mass is 15.6. The van der Waals surface area contributed by atoms with Crippen molar-refractivity contribution < 1.29 is 9.80 Å². The number of piperazine rings is 1. The molecule has 0 spiro atoms. The first kappa shape index (κ1) is 19.7. The first-order valence-electron chi connectivity index (χ1n) is 10.7. The molecule has 1 aliphatic heterocycles. The van der Waals surface area contributed by atoms with Crippen molar-refractivity contribution in [3.8, 4) is 0 Å². The van der Waals surface area contributed by atoms with Crippen LogP contribution in [0.15, 0.2) is 60.7 Å². The lowest BCUT2D eigenvalue weighted by Crippen LogP contribution is -3.27. The number of hydrogen-bond donors (Lipinski definition) is 2. The summed E-state index contributed by atoms with van der Waals surface area (Å²) in [5, 5.41) is 12.8. The molecule has 1 atom stereocenters. The molecule has 4 rings (SSSR count). The van der Waals surface area contributed by atoms with Gasteiger partial charge in [-0.3, -0.25) is 0 Å². The van der Waals surface area contributed by atoms with Crippen molar-refractivity contribution in [2.24, 2.45) is 5.92 Å². The summed E-state index contributed by atoms with van der Waals surface area (Å²) in [5.74, 6) is 1.51. The lowest BCUT2D eigenvalue weighted by molar-refractivity contribution is -1.03. The minimum atomic E-state index is 0.326. The van der Waals surface area contributed by atoms with Gasteiger partial charge in [-0.05, 0) is 16.0 Å². The molecule has 1 aliphatic rings. The van der Waals surface area contributed by atoms with Gasteiger partial charge >= 0.3 is 0 Å². The molecule has 0 saturated carbocycles. The van der Waals surface area contributed by atoms with Gasteiger partial charge in [0.15, 0.2) is 6.04 Å². The van der Waals surface area contributed by atoms with E-state index in [4.69, 9.17) is 0 Å². The molecule has 0 radical (unpaired) electrons. The number of nitrogens with one attached hydrogen (secondary N) is 2. The van der Waals surface area contributed by atoms with Crippen LogP contribution in [0.3, 0.4) is 0 Å². The van der Waals surface area contributed by atoms with Crippen LogP contribution in [0, 0.1) is 5.92 Å². The Morgan fingerprint density at radius 2 is 1.48 bits per heavy atom. The first-order valence-corrected chi connectivity index (χ1v) is 10.7. The number of aromatic nitrogens is 4. The van der Waals surface area contributed by atoms with Crippen LogP contribution in [0.2, 0.25) is 0 Å². The second-order valence-electron chi connectivity index (χ2n) is 8.47. The van der Waals surface area contributed by atoms with Crippen LogP contribution >= 0.6 is 0 Å². The van der Waals surface area contributed by atoms with Crippen molar-refractivity contribution in [3.63, 3.8) is 0 Å². The average molecular weight is 393 g/mol. The summed E-state index contributed by atoms with van der Waals surface area (Å²) >= 11 is 0. The van der Waals surface area contributed by atoms with E-state index in [-0.39, 0.29) is 0 Å². The lowest BCUT2D eigenvalue weighted by atomic mass is 10.0. The van der Waals surface area contributed by atoms with Gasteiger partial charge in [0.25, 0.3) is 0 Å². The molecule has 1 fully saturated rings. The Kier molecular flexibility index (Phi) is 6.32. The third-order valence-electron chi connectivity index (χ3n) is 6.02. The molecule has 0 amide bonds. The van der Waals surface area contributed by atoms with E-state index in [0.29, 0.717) is 12.0 Å². The average Bonchev–Trinajstić information content (AvgIpc) is 3.18. The van der Waals surface area contributed by atoms with E-state index in [1.165, 1.54) is 24.2 Å². The lowest BCUT2D eigenvalue weighted by Gasteiger charge is -2.35. The molecule has 6 nitrogen and oxygen atoms in total. The molecule has 1 aromatic heterocycles. The van der Waals surface area contributed by atoms with Crippen LogP contribution in [0.1, 0.15) is 36.8 Å².